The summed E-state index contributed by atoms with van der Waals surface area (Å²) in [4.78, 5) is 34.7. The molecule has 0 aliphatic heterocycles. The number of benzene rings is 1. The Bertz CT molecular complexity index is 624. The summed E-state index contributed by atoms with van der Waals surface area (Å²) in [6.07, 6.45) is 1.61. The summed E-state index contributed by atoms with van der Waals surface area (Å²) in [5, 5.41) is 9.22. The molecule has 0 saturated carbocycles. The molecule has 0 aliphatic rings. The molecule has 0 aromatic heterocycles. The standard InChI is InChI=1S/C17H23NO6/c1-4-6-14(19)23-12-9-8-11(17(3,18)16(21)22)10-13(12)24-15(20)7-5-2/h8-10H,4-7,18H2,1-3H3,(H,21,22)/t17-/m0/s1. The zero-order chi connectivity index (χ0) is 18.3. The largest absolute Gasteiger partial charge is 0.480 e. The maximum Gasteiger partial charge on any atom is 0.328 e. The van der Waals surface area contributed by atoms with Crippen molar-refractivity contribution < 1.29 is 29.0 Å². The highest BCUT2D eigenvalue weighted by Gasteiger charge is 2.31. The first-order valence-electron chi connectivity index (χ1n) is 7.80. The van der Waals surface area contributed by atoms with Gasteiger partial charge in [0.2, 0.25) is 0 Å². The third kappa shape index (κ3) is 5.06. The van der Waals surface area contributed by atoms with E-state index in [0.29, 0.717) is 12.8 Å². The van der Waals surface area contributed by atoms with Crippen molar-refractivity contribution in [2.45, 2.75) is 52.0 Å². The van der Waals surface area contributed by atoms with Crippen LogP contribution in [0.3, 0.4) is 0 Å². The summed E-state index contributed by atoms with van der Waals surface area (Å²) in [5.41, 5.74) is 4.35. The van der Waals surface area contributed by atoms with E-state index in [1.165, 1.54) is 25.1 Å². The molecular weight excluding hydrogens is 314 g/mol. The van der Waals surface area contributed by atoms with E-state index in [2.05, 4.69) is 0 Å². The number of rotatable bonds is 8. The maximum absolute atomic E-state index is 11.8. The molecule has 1 rings (SSSR count). The van der Waals surface area contributed by atoms with Crippen LogP contribution in [-0.4, -0.2) is 23.0 Å². The summed E-state index contributed by atoms with van der Waals surface area (Å²) < 4.78 is 10.4. The van der Waals surface area contributed by atoms with Crippen LogP contribution >= 0.6 is 0 Å². The van der Waals surface area contributed by atoms with Gasteiger partial charge in [-0.3, -0.25) is 9.59 Å². The predicted molar refractivity (Wildman–Crippen MR) is 86.7 cm³/mol. The molecule has 1 atom stereocenters. The van der Waals surface area contributed by atoms with Gasteiger partial charge in [0.1, 0.15) is 5.54 Å². The lowest BCUT2D eigenvalue weighted by atomic mass is 9.93. The number of hydrogen-bond donors (Lipinski definition) is 2. The molecule has 7 nitrogen and oxygen atoms in total. The minimum absolute atomic E-state index is 0.0201. The number of carbonyl (C=O) groups is 3. The summed E-state index contributed by atoms with van der Waals surface area (Å²) >= 11 is 0. The third-order valence-electron chi connectivity index (χ3n) is 3.34. The van der Waals surface area contributed by atoms with E-state index in [4.69, 9.17) is 15.2 Å². The lowest BCUT2D eigenvalue weighted by molar-refractivity contribution is -0.143. The minimum atomic E-state index is -1.67. The molecule has 24 heavy (non-hydrogen) atoms. The normalized spacial score (nSPS) is 13.0. The Balaban J connectivity index is 3.21. The molecule has 1 aromatic rings. The lowest BCUT2D eigenvalue weighted by Crippen LogP contribution is -2.41. The smallest absolute Gasteiger partial charge is 0.328 e. The Morgan fingerprint density at radius 2 is 1.54 bits per heavy atom. The van der Waals surface area contributed by atoms with Gasteiger partial charge in [0.15, 0.2) is 11.5 Å². The zero-order valence-corrected chi connectivity index (χ0v) is 14.1. The zero-order valence-electron chi connectivity index (χ0n) is 14.1. The molecule has 0 fully saturated rings. The summed E-state index contributed by atoms with van der Waals surface area (Å²) in [7, 11) is 0. The van der Waals surface area contributed by atoms with Crippen molar-refractivity contribution in [2.24, 2.45) is 5.73 Å². The van der Waals surface area contributed by atoms with Gasteiger partial charge in [0.05, 0.1) is 0 Å². The van der Waals surface area contributed by atoms with Gasteiger partial charge in [-0.25, -0.2) is 4.79 Å². The van der Waals surface area contributed by atoms with Crippen LogP contribution in [0.4, 0.5) is 0 Å². The number of carboxylic acid groups (broad SMARTS) is 1. The Morgan fingerprint density at radius 1 is 1.04 bits per heavy atom. The van der Waals surface area contributed by atoms with E-state index in [-0.39, 0.29) is 29.9 Å². The van der Waals surface area contributed by atoms with Crippen LogP contribution in [0.25, 0.3) is 0 Å². The van der Waals surface area contributed by atoms with Crippen molar-refractivity contribution in [2.75, 3.05) is 0 Å². The van der Waals surface area contributed by atoms with Crippen LogP contribution in [0.5, 0.6) is 11.5 Å². The van der Waals surface area contributed by atoms with E-state index in [9.17, 15) is 19.5 Å². The fourth-order valence-corrected chi connectivity index (χ4v) is 1.87. The molecule has 0 radical (unpaired) electrons. The Labute approximate surface area is 140 Å². The van der Waals surface area contributed by atoms with Crippen LogP contribution in [0.2, 0.25) is 0 Å². The van der Waals surface area contributed by atoms with Gasteiger partial charge in [0, 0.05) is 12.8 Å². The second-order valence-corrected chi connectivity index (χ2v) is 5.62. The van der Waals surface area contributed by atoms with E-state index >= 15 is 0 Å². The number of carbonyl (C=O) groups excluding carboxylic acids is 2. The predicted octanol–water partition coefficient (Wildman–Crippen LogP) is 2.36. The molecule has 0 spiro atoms. The van der Waals surface area contributed by atoms with E-state index in [1.54, 1.807) is 0 Å². The van der Waals surface area contributed by atoms with Crippen molar-refractivity contribution in [3.8, 4) is 11.5 Å². The highest BCUT2D eigenvalue weighted by Crippen LogP contribution is 2.32. The van der Waals surface area contributed by atoms with Gasteiger partial charge in [0.25, 0.3) is 0 Å². The van der Waals surface area contributed by atoms with Crippen molar-refractivity contribution in [1.29, 1.82) is 0 Å². The van der Waals surface area contributed by atoms with Crippen molar-refractivity contribution in [1.82, 2.24) is 0 Å². The molecule has 132 valence electrons. The van der Waals surface area contributed by atoms with Crippen LogP contribution < -0.4 is 15.2 Å². The Morgan fingerprint density at radius 3 is 2.00 bits per heavy atom. The van der Waals surface area contributed by atoms with Crippen LogP contribution in [0, 0.1) is 0 Å². The number of ether oxygens (including phenoxy) is 2. The van der Waals surface area contributed by atoms with E-state index < -0.39 is 23.4 Å². The first-order valence-corrected chi connectivity index (χ1v) is 7.80. The topological polar surface area (TPSA) is 116 Å². The number of aliphatic carboxylic acids is 1. The second-order valence-electron chi connectivity index (χ2n) is 5.62. The van der Waals surface area contributed by atoms with Gasteiger partial charge in [-0.2, -0.15) is 0 Å². The number of nitrogens with two attached hydrogens (primary N) is 1. The first kappa shape index (κ1) is 19.6. The molecule has 7 heteroatoms. The van der Waals surface area contributed by atoms with Gasteiger partial charge < -0.3 is 20.3 Å². The van der Waals surface area contributed by atoms with Crippen molar-refractivity contribution in [3.63, 3.8) is 0 Å². The quantitative estimate of drug-likeness (QED) is 0.552. The van der Waals surface area contributed by atoms with Gasteiger partial charge in [-0.1, -0.05) is 19.9 Å². The highest BCUT2D eigenvalue weighted by atomic mass is 16.6. The maximum atomic E-state index is 11.8. The van der Waals surface area contributed by atoms with Crippen LogP contribution in [-0.2, 0) is 19.9 Å². The SMILES string of the molecule is CCCC(=O)Oc1ccc([C@](C)(N)C(=O)O)cc1OC(=O)CCC. The first-order chi connectivity index (χ1) is 11.2. The molecule has 0 saturated heterocycles. The average molecular weight is 337 g/mol. The molecule has 0 heterocycles. The third-order valence-corrected chi connectivity index (χ3v) is 3.34. The number of hydrogen-bond acceptors (Lipinski definition) is 6. The molecule has 0 amide bonds. The highest BCUT2D eigenvalue weighted by molar-refractivity contribution is 5.81. The summed E-state index contributed by atoms with van der Waals surface area (Å²) in [5.74, 6) is -2.16. The number of esters is 2. The Hall–Kier alpha value is -2.41. The fourth-order valence-electron chi connectivity index (χ4n) is 1.87. The Kier molecular flexibility index (Phi) is 6.91. The molecule has 0 bridgehead atoms. The molecule has 3 N–H and O–H groups in total. The van der Waals surface area contributed by atoms with Crippen molar-refractivity contribution in [3.05, 3.63) is 23.8 Å². The molecule has 0 aliphatic carbocycles. The van der Waals surface area contributed by atoms with Crippen LogP contribution in [0.1, 0.15) is 52.0 Å². The van der Waals surface area contributed by atoms with Crippen molar-refractivity contribution >= 4 is 17.9 Å². The number of carboxylic acids is 1. The molecular formula is C17H23NO6. The monoisotopic (exact) mass is 337 g/mol. The van der Waals surface area contributed by atoms with Gasteiger partial charge in [-0.05, 0) is 37.5 Å². The van der Waals surface area contributed by atoms with Gasteiger partial charge >= 0.3 is 17.9 Å². The lowest BCUT2D eigenvalue weighted by Gasteiger charge is -2.21. The molecule has 1 aromatic carbocycles. The van der Waals surface area contributed by atoms with Crippen LogP contribution in [0.15, 0.2) is 18.2 Å². The summed E-state index contributed by atoms with van der Waals surface area (Å²) in [6.45, 7) is 4.98. The molecule has 0 unspecified atom stereocenters. The fraction of sp³-hybridized carbons (Fsp3) is 0.471. The summed E-state index contributed by atoms with van der Waals surface area (Å²) in [6, 6.07) is 4.13. The minimum Gasteiger partial charge on any atom is -0.480 e. The van der Waals surface area contributed by atoms with E-state index in [0.717, 1.165) is 0 Å². The second kappa shape index (κ2) is 8.44. The average Bonchev–Trinajstić information content (AvgIpc) is 2.49. The van der Waals surface area contributed by atoms with E-state index in [1.807, 2.05) is 13.8 Å². The van der Waals surface area contributed by atoms with Gasteiger partial charge in [-0.15, -0.1) is 0 Å².